The molecule has 0 fully saturated rings. The monoisotopic (exact) mass is 351 g/mol. The van der Waals surface area contributed by atoms with E-state index in [1.54, 1.807) is 35.6 Å². The molecule has 0 saturated heterocycles. The van der Waals surface area contributed by atoms with Crippen molar-refractivity contribution in [3.63, 3.8) is 0 Å². The number of benzene rings is 1. The van der Waals surface area contributed by atoms with Gasteiger partial charge in [-0.2, -0.15) is 5.26 Å². The summed E-state index contributed by atoms with van der Waals surface area (Å²) < 4.78 is 30.4. The van der Waals surface area contributed by atoms with Gasteiger partial charge in [-0.05, 0) is 41.6 Å². The zero-order valence-corrected chi connectivity index (χ0v) is 11.0. The Labute approximate surface area is 111 Å². The van der Waals surface area contributed by atoms with Crippen molar-refractivity contribution in [3.05, 3.63) is 32.4 Å². The Morgan fingerprint density at radius 2 is 2.24 bits per heavy atom. The number of carbonyl (C=O) groups is 1. The van der Waals surface area contributed by atoms with Crippen molar-refractivity contribution in [1.29, 1.82) is 5.26 Å². The number of alkyl halides is 2. The van der Waals surface area contributed by atoms with E-state index in [1.165, 1.54) is 12.1 Å². The van der Waals surface area contributed by atoms with E-state index in [2.05, 4.69) is 0 Å². The third-order valence-corrected chi connectivity index (χ3v) is 3.18. The second kappa shape index (κ2) is 5.91. The van der Waals surface area contributed by atoms with E-state index in [9.17, 15) is 13.6 Å². The molecule has 0 N–H and O–H groups in total. The van der Waals surface area contributed by atoms with Gasteiger partial charge in [0.05, 0.1) is 23.8 Å². The van der Waals surface area contributed by atoms with Crippen LogP contribution in [0.2, 0.25) is 0 Å². The summed E-state index contributed by atoms with van der Waals surface area (Å²) in [4.78, 5) is 11.5. The summed E-state index contributed by atoms with van der Waals surface area (Å²) in [6.07, 6.45) is -2.80. The Bertz CT molecular complexity index is 483. The molecule has 90 valence electrons. The molecule has 0 unspecified atom stereocenters. The van der Waals surface area contributed by atoms with Crippen molar-refractivity contribution in [2.45, 2.75) is 13.3 Å². The second-order valence-electron chi connectivity index (χ2n) is 3.02. The zero-order valence-electron chi connectivity index (χ0n) is 8.84. The van der Waals surface area contributed by atoms with Crippen LogP contribution in [0.4, 0.5) is 8.78 Å². The number of nitrogens with zero attached hydrogens (tertiary/aromatic N) is 1. The molecular formula is C11H8F2INO2. The Balaban J connectivity index is 3.34. The van der Waals surface area contributed by atoms with Gasteiger partial charge in [0.2, 0.25) is 0 Å². The normalized spacial score (nSPS) is 10.1. The molecule has 6 heteroatoms. The highest BCUT2D eigenvalue weighted by Crippen LogP contribution is 2.30. The summed E-state index contributed by atoms with van der Waals surface area (Å²) >= 11 is 1.63. The molecule has 0 amide bonds. The highest BCUT2D eigenvalue weighted by molar-refractivity contribution is 14.1. The third kappa shape index (κ3) is 2.91. The van der Waals surface area contributed by atoms with Gasteiger partial charge in [-0.3, -0.25) is 0 Å². The molecule has 3 nitrogen and oxygen atoms in total. The first-order chi connectivity index (χ1) is 8.02. The number of hydrogen-bond donors (Lipinski definition) is 0. The van der Waals surface area contributed by atoms with Gasteiger partial charge in [0, 0.05) is 9.13 Å². The minimum atomic E-state index is -2.80. The van der Waals surface area contributed by atoms with Gasteiger partial charge in [0.1, 0.15) is 0 Å². The third-order valence-electron chi connectivity index (χ3n) is 2.01. The standard InChI is InChI=1S/C11H8F2INO2/c1-2-17-11(16)7-4-3-6(5-15)8(9(7)14)10(12)13/h3-4,10H,2H2,1H3. The molecule has 0 aliphatic carbocycles. The lowest BCUT2D eigenvalue weighted by Gasteiger charge is -2.10. The maximum Gasteiger partial charge on any atom is 0.339 e. The summed E-state index contributed by atoms with van der Waals surface area (Å²) in [5.41, 5.74) is -0.488. The van der Waals surface area contributed by atoms with Crippen molar-refractivity contribution in [2.75, 3.05) is 6.61 Å². The fraction of sp³-hybridized carbons (Fsp3) is 0.273. The van der Waals surface area contributed by atoms with Crippen LogP contribution in [0.15, 0.2) is 12.1 Å². The number of nitriles is 1. The number of carbonyl (C=O) groups excluding carboxylic acids is 1. The Hall–Kier alpha value is -1.23. The van der Waals surface area contributed by atoms with E-state index in [-0.39, 0.29) is 21.3 Å². The molecule has 0 aliphatic heterocycles. The quantitative estimate of drug-likeness (QED) is 0.620. The van der Waals surface area contributed by atoms with Crippen LogP contribution in [-0.4, -0.2) is 12.6 Å². The van der Waals surface area contributed by atoms with E-state index in [4.69, 9.17) is 10.00 Å². The molecule has 0 spiro atoms. The highest BCUT2D eigenvalue weighted by Gasteiger charge is 2.22. The maximum atomic E-state index is 12.8. The van der Waals surface area contributed by atoms with Crippen molar-refractivity contribution < 1.29 is 18.3 Å². The molecule has 0 radical (unpaired) electrons. The summed E-state index contributed by atoms with van der Waals surface area (Å²) in [5, 5.41) is 8.72. The van der Waals surface area contributed by atoms with Crippen LogP contribution in [-0.2, 0) is 4.74 Å². The maximum absolute atomic E-state index is 12.8. The molecular weight excluding hydrogens is 343 g/mol. The zero-order chi connectivity index (χ0) is 13.0. The average molecular weight is 351 g/mol. The molecule has 1 rings (SSSR count). The lowest BCUT2D eigenvalue weighted by Crippen LogP contribution is -2.09. The number of halogens is 3. The van der Waals surface area contributed by atoms with Gasteiger partial charge in [-0.15, -0.1) is 0 Å². The van der Waals surface area contributed by atoms with E-state index in [0.29, 0.717) is 0 Å². The van der Waals surface area contributed by atoms with E-state index in [1.807, 2.05) is 0 Å². The van der Waals surface area contributed by atoms with Crippen LogP contribution >= 0.6 is 22.6 Å². The van der Waals surface area contributed by atoms with Crippen LogP contribution in [0.1, 0.15) is 34.8 Å². The largest absolute Gasteiger partial charge is 0.462 e. The van der Waals surface area contributed by atoms with E-state index in [0.717, 1.165) is 0 Å². The van der Waals surface area contributed by atoms with Crippen LogP contribution in [0, 0.1) is 14.9 Å². The molecule has 0 heterocycles. The van der Waals surface area contributed by atoms with Gasteiger partial charge >= 0.3 is 5.97 Å². The van der Waals surface area contributed by atoms with Gasteiger partial charge in [0.15, 0.2) is 0 Å². The minimum Gasteiger partial charge on any atom is -0.462 e. The lowest BCUT2D eigenvalue weighted by atomic mass is 10.1. The molecule has 0 aromatic heterocycles. The van der Waals surface area contributed by atoms with Crippen LogP contribution < -0.4 is 0 Å². The van der Waals surface area contributed by atoms with Crippen molar-refractivity contribution in [1.82, 2.24) is 0 Å². The second-order valence-corrected chi connectivity index (χ2v) is 4.10. The molecule has 0 aliphatic rings. The first kappa shape index (κ1) is 13.8. The Kier molecular flexibility index (Phi) is 4.81. The SMILES string of the molecule is CCOC(=O)c1ccc(C#N)c(C(F)F)c1I. The van der Waals surface area contributed by atoms with Crippen molar-refractivity contribution in [2.24, 2.45) is 0 Å². The fourth-order valence-electron chi connectivity index (χ4n) is 1.27. The molecule has 0 saturated carbocycles. The molecule has 1 aromatic rings. The van der Waals surface area contributed by atoms with E-state index < -0.39 is 18.0 Å². The first-order valence-corrected chi connectivity index (χ1v) is 5.78. The predicted octanol–water partition coefficient (Wildman–Crippen LogP) is 3.28. The number of esters is 1. The molecule has 1 aromatic carbocycles. The van der Waals surface area contributed by atoms with Gasteiger partial charge in [-0.1, -0.05) is 0 Å². The summed E-state index contributed by atoms with van der Waals surface area (Å²) in [6, 6.07) is 4.21. The van der Waals surface area contributed by atoms with E-state index >= 15 is 0 Å². The van der Waals surface area contributed by atoms with Gasteiger partial charge in [0.25, 0.3) is 6.43 Å². The lowest BCUT2D eigenvalue weighted by molar-refractivity contribution is 0.0524. The highest BCUT2D eigenvalue weighted by atomic mass is 127. The summed E-state index contributed by atoms with van der Waals surface area (Å²) in [7, 11) is 0. The van der Waals surface area contributed by atoms with Gasteiger partial charge in [-0.25, -0.2) is 13.6 Å². The van der Waals surface area contributed by atoms with Crippen molar-refractivity contribution >= 4 is 28.6 Å². The van der Waals surface area contributed by atoms with Crippen molar-refractivity contribution in [3.8, 4) is 6.07 Å². The fourth-order valence-corrected chi connectivity index (χ4v) is 2.20. The summed E-state index contributed by atoms with van der Waals surface area (Å²) in [6.45, 7) is 1.79. The Morgan fingerprint density at radius 3 is 2.71 bits per heavy atom. The smallest absolute Gasteiger partial charge is 0.339 e. The van der Waals surface area contributed by atoms with Crippen LogP contribution in [0.5, 0.6) is 0 Å². The van der Waals surface area contributed by atoms with Gasteiger partial charge < -0.3 is 4.74 Å². The number of hydrogen-bond acceptors (Lipinski definition) is 3. The van der Waals surface area contributed by atoms with Crippen LogP contribution in [0.3, 0.4) is 0 Å². The van der Waals surface area contributed by atoms with Crippen LogP contribution in [0.25, 0.3) is 0 Å². The first-order valence-electron chi connectivity index (χ1n) is 4.70. The predicted molar refractivity (Wildman–Crippen MR) is 64.8 cm³/mol. The number of rotatable bonds is 3. The average Bonchev–Trinajstić information content (AvgIpc) is 2.27. The molecule has 17 heavy (non-hydrogen) atoms. The Morgan fingerprint density at radius 1 is 1.59 bits per heavy atom. The number of ether oxygens (including phenoxy) is 1. The topological polar surface area (TPSA) is 50.1 Å². The molecule has 0 bridgehead atoms. The molecule has 0 atom stereocenters. The minimum absolute atomic E-state index is 0.0572. The summed E-state index contributed by atoms with van der Waals surface area (Å²) in [5.74, 6) is -0.664.